The molecule has 0 aromatic carbocycles. The molecular formula is C8H16N2. The Morgan fingerprint density at radius 2 is 2.00 bits per heavy atom. The summed E-state index contributed by atoms with van der Waals surface area (Å²) >= 11 is 0. The molecule has 1 atom stereocenters. The van der Waals surface area contributed by atoms with E-state index in [0.29, 0.717) is 18.5 Å². The van der Waals surface area contributed by atoms with Gasteiger partial charge < -0.3 is 5.32 Å². The van der Waals surface area contributed by atoms with Crippen molar-refractivity contribution in [3.63, 3.8) is 0 Å². The van der Waals surface area contributed by atoms with Crippen LogP contribution in [-0.2, 0) is 0 Å². The first kappa shape index (κ1) is 9.45. The minimum absolute atomic E-state index is 0.472. The van der Waals surface area contributed by atoms with Gasteiger partial charge in [-0.05, 0) is 13.3 Å². The van der Waals surface area contributed by atoms with Gasteiger partial charge >= 0.3 is 0 Å². The molecule has 10 heavy (non-hydrogen) atoms. The predicted octanol–water partition coefficient (Wildman–Crippen LogP) is 1.68. The topological polar surface area (TPSA) is 35.8 Å². The van der Waals surface area contributed by atoms with Crippen LogP contribution in [0.2, 0.25) is 0 Å². The minimum atomic E-state index is 0.472. The highest BCUT2D eigenvalue weighted by Crippen LogP contribution is 1.95. The lowest BCUT2D eigenvalue weighted by molar-refractivity contribution is 0.469. The molecule has 0 aliphatic heterocycles. The molecule has 0 spiro atoms. The van der Waals surface area contributed by atoms with Gasteiger partial charge in [-0.3, -0.25) is 0 Å². The summed E-state index contributed by atoms with van der Waals surface area (Å²) in [5.74, 6) is 0. The van der Waals surface area contributed by atoms with E-state index in [9.17, 15) is 0 Å². The summed E-state index contributed by atoms with van der Waals surface area (Å²) in [6, 6.07) is 3.13. The van der Waals surface area contributed by atoms with Gasteiger partial charge in [-0.2, -0.15) is 5.26 Å². The SMILES string of the molecule is CC(C)N[C@H](C)CCC#N. The van der Waals surface area contributed by atoms with Gasteiger partial charge in [0.15, 0.2) is 0 Å². The zero-order valence-corrected chi connectivity index (χ0v) is 7.02. The van der Waals surface area contributed by atoms with Crippen LogP contribution in [-0.4, -0.2) is 12.1 Å². The predicted molar refractivity (Wildman–Crippen MR) is 42.6 cm³/mol. The normalized spacial score (nSPS) is 13.1. The van der Waals surface area contributed by atoms with Crippen LogP contribution in [0.5, 0.6) is 0 Å². The van der Waals surface area contributed by atoms with Gasteiger partial charge in [0.25, 0.3) is 0 Å². The van der Waals surface area contributed by atoms with Crippen molar-refractivity contribution in [1.29, 1.82) is 5.26 Å². The molecule has 58 valence electrons. The number of nitrogens with one attached hydrogen (secondary N) is 1. The van der Waals surface area contributed by atoms with Gasteiger partial charge in [0.05, 0.1) is 6.07 Å². The smallest absolute Gasteiger partial charge is 0.0622 e. The molecule has 0 aromatic rings. The Balaban J connectivity index is 3.27. The summed E-state index contributed by atoms with van der Waals surface area (Å²) in [6.45, 7) is 6.34. The molecule has 0 aliphatic carbocycles. The van der Waals surface area contributed by atoms with Crippen molar-refractivity contribution in [3.8, 4) is 6.07 Å². The van der Waals surface area contributed by atoms with Crippen molar-refractivity contribution < 1.29 is 0 Å². The fraction of sp³-hybridized carbons (Fsp3) is 0.875. The fourth-order valence-electron chi connectivity index (χ4n) is 0.933. The second kappa shape index (κ2) is 5.25. The van der Waals surface area contributed by atoms with E-state index < -0.39 is 0 Å². The largest absolute Gasteiger partial charge is 0.312 e. The van der Waals surface area contributed by atoms with Crippen LogP contribution in [0.4, 0.5) is 0 Å². The van der Waals surface area contributed by atoms with Gasteiger partial charge in [-0.25, -0.2) is 0 Å². The molecule has 0 fully saturated rings. The molecule has 0 bridgehead atoms. The van der Waals surface area contributed by atoms with Gasteiger partial charge in [0.1, 0.15) is 0 Å². The number of rotatable bonds is 4. The minimum Gasteiger partial charge on any atom is -0.312 e. The maximum atomic E-state index is 8.27. The summed E-state index contributed by atoms with van der Waals surface area (Å²) in [5, 5.41) is 11.6. The lowest BCUT2D eigenvalue weighted by atomic mass is 10.2. The van der Waals surface area contributed by atoms with Crippen molar-refractivity contribution in [2.75, 3.05) is 0 Å². The summed E-state index contributed by atoms with van der Waals surface area (Å²) in [4.78, 5) is 0. The molecule has 0 radical (unpaired) electrons. The molecule has 0 aliphatic rings. The molecule has 0 unspecified atom stereocenters. The molecule has 2 heteroatoms. The summed E-state index contributed by atoms with van der Waals surface area (Å²) in [5.41, 5.74) is 0. The van der Waals surface area contributed by atoms with Crippen molar-refractivity contribution in [1.82, 2.24) is 5.32 Å². The van der Waals surface area contributed by atoms with Crippen LogP contribution in [0.3, 0.4) is 0 Å². The Labute approximate surface area is 63.2 Å². The van der Waals surface area contributed by atoms with Crippen LogP contribution in [0.15, 0.2) is 0 Å². The molecule has 0 rings (SSSR count). The van der Waals surface area contributed by atoms with E-state index in [1.807, 2.05) is 0 Å². The zero-order valence-electron chi connectivity index (χ0n) is 7.02. The summed E-state index contributed by atoms with van der Waals surface area (Å²) in [7, 11) is 0. The van der Waals surface area contributed by atoms with Crippen molar-refractivity contribution >= 4 is 0 Å². The lowest BCUT2D eigenvalue weighted by Crippen LogP contribution is -2.32. The average molecular weight is 140 g/mol. The maximum Gasteiger partial charge on any atom is 0.0622 e. The third kappa shape index (κ3) is 5.58. The molecule has 0 aromatic heterocycles. The fourth-order valence-corrected chi connectivity index (χ4v) is 0.933. The Kier molecular flexibility index (Phi) is 4.96. The van der Waals surface area contributed by atoms with Gasteiger partial charge in [-0.1, -0.05) is 13.8 Å². The van der Waals surface area contributed by atoms with E-state index in [2.05, 4.69) is 32.2 Å². The molecule has 1 N–H and O–H groups in total. The Hall–Kier alpha value is -0.550. The summed E-state index contributed by atoms with van der Waals surface area (Å²) in [6.07, 6.45) is 1.61. The van der Waals surface area contributed by atoms with Crippen LogP contribution < -0.4 is 5.32 Å². The van der Waals surface area contributed by atoms with E-state index in [1.54, 1.807) is 0 Å². The highest BCUT2D eigenvalue weighted by Gasteiger charge is 2.01. The van der Waals surface area contributed by atoms with Crippen LogP contribution >= 0.6 is 0 Å². The summed E-state index contributed by atoms with van der Waals surface area (Å²) < 4.78 is 0. The molecule has 0 saturated carbocycles. The van der Waals surface area contributed by atoms with E-state index >= 15 is 0 Å². The Bertz CT molecular complexity index is 113. The van der Waals surface area contributed by atoms with E-state index in [0.717, 1.165) is 6.42 Å². The molecule has 0 amide bonds. The lowest BCUT2D eigenvalue weighted by Gasteiger charge is -2.14. The molecule has 0 saturated heterocycles. The van der Waals surface area contributed by atoms with E-state index in [-0.39, 0.29) is 0 Å². The highest BCUT2D eigenvalue weighted by molar-refractivity contribution is 4.73. The quantitative estimate of drug-likeness (QED) is 0.645. The van der Waals surface area contributed by atoms with E-state index in [4.69, 9.17) is 5.26 Å². The number of hydrogen-bond donors (Lipinski definition) is 1. The maximum absolute atomic E-state index is 8.27. The first-order chi connectivity index (χ1) is 4.66. The first-order valence-electron chi connectivity index (χ1n) is 3.79. The standard InChI is InChI=1S/C8H16N2/c1-7(2)10-8(3)5-4-6-9/h7-8,10H,4-5H2,1-3H3/t8-/m1/s1. The number of nitriles is 1. The van der Waals surface area contributed by atoms with Crippen molar-refractivity contribution in [2.45, 2.75) is 45.7 Å². The molecule has 0 heterocycles. The molecule has 2 nitrogen and oxygen atoms in total. The number of hydrogen-bond acceptors (Lipinski definition) is 2. The first-order valence-corrected chi connectivity index (χ1v) is 3.79. The van der Waals surface area contributed by atoms with Gasteiger partial charge in [0, 0.05) is 18.5 Å². The zero-order chi connectivity index (χ0) is 7.98. The van der Waals surface area contributed by atoms with Crippen molar-refractivity contribution in [3.05, 3.63) is 0 Å². The third-order valence-electron chi connectivity index (χ3n) is 1.31. The number of nitrogens with zero attached hydrogens (tertiary/aromatic N) is 1. The molecular weight excluding hydrogens is 124 g/mol. The van der Waals surface area contributed by atoms with Crippen LogP contribution in [0, 0.1) is 11.3 Å². The van der Waals surface area contributed by atoms with Crippen LogP contribution in [0.25, 0.3) is 0 Å². The van der Waals surface area contributed by atoms with E-state index in [1.165, 1.54) is 0 Å². The van der Waals surface area contributed by atoms with Crippen LogP contribution in [0.1, 0.15) is 33.6 Å². The Morgan fingerprint density at radius 1 is 1.40 bits per heavy atom. The third-order valence-corrected chi connectivity index (χ3v) is 1.31. The Morgan fingerprint density at radius 3 is 2.40 bits per heavy atom. The van der Waals surface area contributed by atoms with Gasteiger partial charge in [-0.15, -0.1) is 0 Å². The second-order valence-electron chi connectivity index (χ2n) is 2.92. The van der Waals surface area contributed by atoms with Gasteiger partial charge in [0.2, 0.25) is 0 Å². The monoisotopic (exact) mass is 140 g/mol. The highest BCUT2D eigenvalue weighted by atomic mass is 14.9. The second-order valence-corrected chi connectivity index (χ2v) is 2.92. The van der Waals surface area contributed by atoms with Crippen molar-refractivity contribution in [2.24, 2.45) is 0 Å². The average Bonchev–Trinajstić information content (AvgIpc) is 1.82.